The summed E-state index contributed by atoms with van der Waals surface area (Å²) in [6, 6.07) is 0. The van der Waals surface area contributed by atoms with E-state index in [-0.39, 0.29) is 12.1 Å². The van der Waals surface area contributed by atoms with Gasteiger partial charge in [0.25, 0.3) is 0 Å². The van der Waals surface area contributed by atoms with Crippen molar-refractivity contribution in [2.75, 3.05) is 0 Å². The zero-order valence-electron chi connectivity index (χ0n) is 15.3. The van der Waals surface area contributed by atoms with Crippen LogP contribution in [0, 0.1) is 34.5 Å². The molecule has 23 heavy (non-hydrogen) atoms. The van der Waals surface area contributed by atoms with Gasteiger partial charge in [-0.3, -0.25) is 4.79 Å². The summed E-state index contributed by atoms with van der Waals surface area (Å²) in [7, 11) is 0. The molecule has 4 fully saturated rings. The lowest BCUT2D eigenvalue weighted by Gasteiger charge is -2.60. The van der Waals surface area contributed by atoms with E-state index in [1.165, 1.54) is 51.4 Å². The smallest absolute Gasteiger partial charge is 0.302 e. The van der Waals surface area contributed by atoms with Crippen molar-refractivity contribution in [3.8, 4) is 0 Å². The fourth-order valence-electron chi connectivity index (χ4n) is 7.64. The molecule has 4 saturated carbocycles. The van der Waals surface area contributed by atoms with E-state index in [2.05, 4.69) is 13.8 Å². The second-order valence-corrected chi connectivity index (χ2v) is 9.75. The molecule has 2 nitrogen and oxygen atoms in total. The van der Waals surface area contributed by atoms with E-state index in [0.29, 0.717) is 10.8 Å². The number of hydrogen-bond donors (Lipinski definition) is 0. The molecule has 4 aliphatic carbocycles. The summed E-state index contributed by atoms with van der Waals surface area (Å²) in [6.07, 6.45) is 13.9. The second-order valence-electron chi connectivity index (χ2n) is 9.75. The first-order valence-corrected chi connectivity index (χ1v) is 10.1. The van der Waals surface area contributed by atoms with Crippen LogP contribution < -0.4 is 0 Å². The molecule has 0 spiro atoms. The topological polar surface area (TPSA) is 26.3 Å². The van der Waals surface area contributed by atoms with Crippen LogP contribution in [0.15, 0.2) is 0 Å². The molecule has 4 aliphatic rings. The minimum atomic E-state index is -0.0866. The van der Waals surface area contributed by atoms with Gasteiger partial charge < -0.3 is 4.74 Å². The molecule has 0 unspecified atom stereocenters. The standard InChI is InChI=1S/C21H34O2/c1-14(22)23-16-8-6-15-7-9-17-18-5-4-11-20(18,2)12-10-19(17)21(15,3)13-16/h15-19H,4-13H2,1-3H3/t15-,16-,17-,18+,19+,20-,21-/m1/s1. The largest absolute Gasteiger partial charge is 0.463 e. The van der Waals surface area contributed by atoms with Gasteiger partial charge in [0, 0.05) is 6.92 Å². The van der Waals surface area contributed by atoms with Crippen molar-refractivity contribution in [3.05, 3.63) is 0 Å². The minimum Gasteiger partial charge on any atom is -0.463 e. The summed E-state index contributed by atoms with van der Waals surface area (Å²) in [4.78, 5) is 11.4. The molecular formula is C21H34O2. The molecule has 2 heteroatoms. The van der Waals surface area contributed by atoms with Gasteiger partial charge in [0.1, 0.15) is 6.10 Å². The lowest BCUT2D eigenvalue weighted by molar-refractivity contribution is -0.161. The Labute approximate surface area is 141 Å². The van der Waals surface area contributed by atoms with Crippen LogP contribution in [-0.4, -0.2) is 12.1 Å². The molecular weight excluding hydrogens is 284 g/mol. The fourth-order valence-corrected chi connectivity index (χ4v) is 7.64. The van der Waals surface area contributed by atoms with Gasteiger partial charge >= 0.3 is 5.97 Å². The lowest BCUT2D eigenvalue weighted by atomic mass is 9.45. The molecule has 7 atom stereocenters. The first-order chi connectivity index (χ1) is 10.9. The molecule has 0 aromatic heterocycles. The fraction of sp³-hybridized carbons (Fsp3) is 0.952. The number of fused-ring (bicyclic) bond motifs is 5. The third kappa shape index (κ3) is 2.46. The SMILES string of the molecule is CC(=O)O[C@@H]1CC[C@@H]2CC[C@@H]3[C@@H]4CCC[C@]4(C)CC[C@@H]3[C@]2(C)C1. The third-order valence-corrected chi connectivity index (χ3v) is 8.68. The Morgan fingerprint density at radius 2 is 1.74 bits per heavy atom. The van der Waals surface area contributed by atoms with E-state index < -0.39 is 0 Å². The maximum atomic E-state index is 11.4. The molecule has 0 aromatic carbocycles. The van der Waals surface area contributed by atoms with Crippen molar-refractivity contribution >= 4 is 5.97 Å². The summed E-state index contributed by atoms with van der Waals surface area (Å²) in [6.45, 7) is 6.71. The van der Waals surface area contributed by atoms with Crippen molar-refractivity contribution in [3.63, 3.8) is 0 Å². The number of carbonyl (C=O) groups excluding carboxylic acids is 1. The van der Waals surface area contributed by atoms with E-state index in [4.69, 9.17) is 4.74 Å². The zero-order chi connectivity index (χ0) is 16.2. The Balaban J connectivity index is 1.57. The van der Waals surface area contributed by atoms with E-state index in [0.717, 1.165) is 36.5 Å². The van der Waals surface area contributed by atoms with Crippen molar-refractivity contribution in [1.82, 2.24) is 0 Å². The average molecular weight is 319 g/mol. The highest BCUT2D eigenvalue weighted by Crippen LogP contribution is 2.66. The highest BCUT2D eigenvalue weighted by molar-refractivity contribution is 5.66. The molecule has 0 N–H and O–H groups in total. The molecule has 4 rings (SSSR count). The maximum Gasteiger partial charge on any atom is 0.302 e. The molecule has 0 radical (unpaired) electrons. The Bertz CT molecular complexity index is 486. The van der Waals surface area contributed by atoms with Crippen LogP contribution in [0.2, 0.25) is 0 Å². The van der Waals surface area contributed by atoms with E-state index >= 15 is 0 Å². The molecule has 130 valence electrons. The molecule has 0 aliphatic heterocycles. The average Bonchev–Trinajstić information content (AvgIpc) is 2.87. The summed E-state index contributed by atoms with van der Waals surface area (Å²) in [5.41, 5.74) is 1.07. The highest BCUT2D eigenvalue weighted by atomic mass is 16.5. The van der Waals surface area contributed by atoms with Crippen LogP contribution >= 0.6 is 0 Å². The monoisotopic (exact) mass is 318 g/mol. The molecule has 0 amide bonds. The number of esters is 1. The summed E-state index contributed by atoms with van der Waals surface area (Å²) < 4.78 is 5.65. The molecule has 0 bridgehead atoms. The van der Waals surface area contributed by atoms with Crippen LogP contribution in [0.4, 0.5) is 0 Å². The zero-order valence-corrected chi connectivity index (χ0v) is 15.3. The molecule has 0 aromatic rings. The van der Waals surface area contributed by atoms with E-state index in [1.807, 2.05) is 0 Å². The van der Waals surface area contributed by atoms with Gasteiger partial charge in [0.2, 0.25) is 0 Å². The van der Waals surface area contributed by atoms with Gasteiger partial charge in [0.05, 0.1) is 0 Å². The van der Waals surface area contributed by atoms with Crippen LogP contribution in [-0.2, 0) is 9.53 Å². The van der Waals surface area contributed by atoms with Gasteiger partial charge in [-0.05, 0) is 92.3 Å². The maximum absolute atomic E-state index is 11.4. The Morgan fingerprint density at radius 1 is 0.957 bits per heavy atom. The molecule has 0 saturated heterocycles. The molecule has 0 heterocycles. The van der Waals surface area contributed by atoms with Crippen LogP contribution in [0.3, 0.4) is 0 Å². The van der Waals surface area contributed by atoms with Crippen molar-refractivity contribution < 1.29 is 9.53 Å². The van der Waals surface area contributed by atoms with Crippen LogP contribution in [0.25, 0.3) is 0 Å². The van der Waals surface area contributed by atoms with Gasteiger partial charge in [-0.2, -0.15) is 0 Å². The van der Waals surface area contributed by atoms with Crippen molar-refractivity contribution in [1.29, 1.82) is 0 Å². The van der Waals surface area contributed by atoms with Gasteiger partial charge in [-0.15, -0.1) is 0 Å². The second kappa shape index (κ2) is 5.49. The van der Waals surface area contributed by atoms with E-state index in [9.17, 15) is 4.79 Å². The Kier molecular flexibility index (Phi) is 3.81. The van der Waals surface area contributed by atoms with Crippen LogP contribution in [0.5, 0.6) is 0 Å². The van der Waals surface area contributed by atoms with Gasteiger partial charge in [-0.25, -0.2) is 0 Å². The summed E-state index contributed by atoms with van der Waals surface area (Å²) >= 11 is 0. The lowest BCUT2D eigenvalue weighted by Crippen LogP contribution is -2.53. The normalized spacial score (nSPS) is 52.2. The quantitative estimate of drug-likeness (QED) is 0.609. The first-order valence-electron chi connectivity index (χ1n) is 10.1. The first kappa shape index (κ1) is 16.0. The summed E-state index contributed by atoms with van der Waals surface area (Å²) in [5, 5.41) is 0. The Morgan fingerprint density at radius 3 is 2.52 bits per heavy atom. The van der Waals surface area contributed by atoms with Crippen molar-refractivity contribution in [2.45, 2.75) is 91.1 Å². The number of hydrogen-bond acceptors (Lipinski definition) is 2. The van der Waals surface area contributed by atoms with E-state index in [1.54, 1.807) is 6.92 Å². The van der Waals surface area contributed by atoms with Crippen LogP contribution in [0.1, 0.15) is 85.0 Å². The number of rotatable bonds is 1. The summed E-state index contributed by atoms with van der Waals surface area (Å²) in [5.74, 6) is 3.61. The third-order valence-electron chi connectivity index (χ3n) is 8.68. The minimum absolute atomic E-state index is 0.0866. The predicted octanol–water partition coefficient (Wildman–Crippen LogP) is 5.35. The highest BCUT2D eigenvalue weighted by Gasteiger charge is 2.58. The predicted molar refractivity (Wildman–Crippen MR) is 91.9 cm³/mol. The number of ether oxygens (including phenoxy) is 1. The van der Waals surface area contributed by atoms with Gasteiger partial charge in [0.15, 0.2) is 0 Å². The van der Waals surface area contributed by atoms with Gasteiger partial charge in [-0.1, -0.05) is 20.3 Å². The van der Waals surface area contributed by atoms with Crippen molar-refractivity contribution in [2.24, 2.45) is 34.5 Å². The Hall–Kier alpha value is -0.530. The number of carbonyl (C=O) groups is 1.